The number of hydrogen-bond donors (Lipinski definition) is 1. The number of fused-ring (bicyclic) bond motifs is 2. The van der Waals surface area contributed by atoms with Crippen LogP contribution >= 0.6 is 0 Å². The van der Waals surface area contributed by atoms with Crippen molar-refractivity contribution in [3.63, 3.8) is 0 Å². The van der Waals surface area contributed by atoms with Crippen LogP contribution in [0, 0.1) is 17.3 Å². The van der Waals surface area contributed by atoms with Gasteiger partial charge in [0.05, 0.1) is 30.1 Å². The average Bonchev–Trinajstić information content (AvgIpc) is 3.20. The van der Waals surface area contributed by atoms with Crippen LogP contribution in [-0.4, -0.2) is 81.1 Å². The molecule has 4 aliphatic rings. The molecule has 0 radical (unpaired) electrons. The van der Waals surface area contributed by atoms with Gasteiger partial charge in [0.25, 0.3) is 0 Å². The summed E-state index contributed by atoms with van der Waals surface area (Å²) in [7, 11) is 0. The number of aliphatic hydroxyl groups excluding tert-OH is 1. The van der Waals surface area contributed by atoms with Crippen molar-refractivity contribution < 1.29 is 24.2 Å². The summed E-state index contributed by atoms with van der Waals surface area (Å²) in [5.74, 6) is -2.45. The van der Waals surface area contributed by atoms with Gasteiger partial charge in [0.15, 0.2) is 0 Å². The summed E-state index contributed by atoms with van der Waals surface area (Å²) < 4.78 is 7.05. The van der Waals surface area contributed by atoms with Crippen LogP contribution in [-0.2, 0) is 19.1 Å². The number of nitrogens with zero attached hydrogens (tertiary/aromatic N) is 3. The van der Waals surface area contributed by atoms with Crippen molar-refractivity contribution in [1.82, 2.24) is 9.80 Å². The van der Waals surface area contributed by atoms with Gasteiger partial charge >= 0.3 is 0 Å². The number of likely N-dealkylation sites (tertiary alicyclic amines) is 1. The van der Waals surface area contributed by atoms with Crippen LogP contribution in [0.2, 0.25) is 0 Å². The quantitative estimate of drug-likeness (QED) is 0.530. The van der Waals surface area contributed by atoms with Crippen LogP contribution in [0.3, 0.4) is 0 Å². The summed E-state index contributed by atoms with van der Waals surface area (Å²) in [5.41, 5.74) is -2.18. The molecule has 5 rings (SSSR count). The Morgan fingerprint density at radius 1 is 0.951 bits per heavy atom. The maximum Gasteiger partial charge on any atom is 0.249 e. The highest BCUT2D eigenvalue weighted by molar-refractivity contribution is 6.04. The van der Waals surface area contributed by atoms with E-state index in [0.29, 0.717) is 19.5 Å². The monoisotopic (exact) mass is 563 g/mol. The first-order chi connectivity index (χ1) is 19.2. The molecular weight excluding hydrogens is 518 g/mol. The lowest BCUT2D eigenvalue weighted by Gasteiger charge is -2.45. The molecule has 1 N–H and O–H groups in total. The second-order valence-corrected chi connectivity index (χ2v) is 14.0. The van der Waals surface area contributed by atoms with Gasteiger partial charge in [0.1, 0.15) is 11.6 Å². The number of hydrogen-bond acceptors (Lipinski definition) is 5. The molecule has 1 aromatic rings. The predicted molar refractivity (Wildman–Crippen MR) is 158 cm³/mol. The zero-order valence-electron chi connectivity index (χ0n) is 25.5. The molecule has 4 heterocycles. The molecule has 1 unspecified atom stereocenters. The van der Waals surface area contributed by atoms with Crippen molar-refractivity contribution in [2.24, 2.45) is 17.3 Å². The summed E-state index contributed by atoms with van der Waals surface area (Å²) in [4.78, 5) is 48.8. The molecule has 8 nitrogen and oxygen atoms in total. The number of carbonyl (C=O) groups is 3. The third-order valence-corrected chi connectivity index (χ3v) is 9.38. The Balaban J connectivity index is 1.66. The summed E-state index contributed by atoms with van der Waals surface area (Å²) in [6.07, 6.45) is 8.93. The van der Waals surface area contributed by atoms with Gasteiger partial charge in [-0.15, -0.1) is 0 Å². The molecule has 222 valence electrons. The maximum absolute atomic E-state index is 14.7. The predicted octanol–water partition coefficient (Wildman–Crippen LogP) is 3.94. The normalized spacial score (nSPS) is 32.5. The Labute approximate surface area is 244 Å². The fraction of sp³-hybridized carbons (Fsp3) is 0.606. The minimum Gasteiger partial charge on any atom is -0.394 e. The van der Waals surface area contributed by atoms with E-state index in [1.807, 2.05) is 66.5 Å². The number of ether oxygens (including phenoxy) is 1. The molecule has 2 saturated heterocycles. The van der Waals surface area contributed by atoms with Crippen molar-refractivity contribution in [2.45, 2.75) is 90.1 Å². The molecule has 1 spiro atoms. The van der Waals surface area contributed by atoms with E-state index in [1.54, 1.807) is 11.8 Å². The molecule has 2 fully saturated rings. The van der Waals surface area contributed by atoms with Crippen LogP contribution in [0.5, 0.6) is 0 Å². The van der Waals surface area contributed by atoms with Gasteiger partial charge in [-0.3, -0.25) is 14.4 Å². The van der Waals surface area contributed by atoms with Crippen LogP contribution in [0.1, 0.15) is 61.3 Å². The number of carbonyl (C=O) groups excluding carboxylic acids is 3. The molecular formula is C33H45N3O5. The Morgan fingerprint density at radius 2 is 1.61 bits per heavy atom. The number of anilines is 1. The fourth-order valence-electron chi connectivity index (χ4n) is 8.04. The fourth-order valence-corrected chi connectivity index (χ4v) is 8.04. The van der Waals surface area contributed by atoms with E-state index in [0.717, 1.165) is 12.1 Å². The third kappa shape index (κ3) is 4.54. The molecule has 6 atom stereocenters. The Bertz CT molecular complexity index is 1270. The van der Waals surface area contributed by atoms with Crippen molar-refractivity contribution in [2.75, 3.05) is 24.6 Å². The number of aliphatic hydroxyl groups is 1. The second-order valence-electron chi connectivity index (χ2n) is 14.0. The van der Waals surface area contributed by atoms with E-state index < -0.39 is 40.7 Å². The zero-order valence-corrected chi connectivity index (χ0v) is 25.5. The van der Waals surface area contributed by atoms with Crippen molar-refractivity contribution in [3.05, 3.63) is 54.6 Å². The van der Waals surface area contributed by atoms with E-state index in [-0.39, 0.29) is 29.7 Å². The first-order valence-corrected chi connectivity index (χ1v) is 14.9. The van der Waals surface area contributed by atoms with E-state index >= 15 is 0 Å². The summed E-state index contributed by atoms with van der Waals surface area (Å²) >= 11 is 0. The SMILES string of the molecule is CC[C@@]12C=CCN(c3ccccc3)C(=O)[C@@H]1[C@H]1C(=O)N([C@H](C)CO)C3C(=O)N(C(C)(C)CC(C)(C)C)CC=C[C@@]31O2. The smallest absolute Gasteiger partial charge is 0.249 e. The number of amides is 3. The van der Waals surface area contributed by atoms with E-state index in [2.05, 4.69) is 34.6 Å². The largest absolute Gasteiger partial charge is 0.394 e. The van der Waals surface area contributed by atoms with E-state index in [1.165, 1.54) is 4.90 Å². The third-order valence-electron chi connectivity index (χ3n) is 9.38. The molecule has 41 heavy (non-hydrogen) atoms. The zero-order chi connectivity index (χ0) is 30.0. The first-order valence-electron chi connectivity index (χ1n) is 14.9. The van der Waals surface area contributed by atoms with Gasteiger partial charge in [-0.1, -0.05) is 70.2 Å². The molecule has 0 saturated carbocycles. The molecule has 8 heteroatoms. The summed E-state index contributed by atoms with van der Waals surface area (Å²) in [6, 6.07) is 7.83. The lowest BCUT2D eigenvalue weighted by Crippen LogP contribution is -2.61. The Hall–Kier alpha value is -2.97. The number of benzene rings is 1. The van der Waals surface area contributed by atoms with Gasteiger partial charge in [0, 0.05) is 24.3 Å². The Kier molecular flexibility index (Phi) is 7.26. The summed E-state index contributed by atoms with van der Waals surface area (Å²) in [5, 5.41) is 10.3. The van der Waals surface area contributed by atoms with Crippen molar-refractivity contribution in [3.8, 4) is 0 Å². The van der Waals surface area contributed by atoms with Crippen LogP contribution < -0.4 is 4.90 Å². The number of rotatable bonds is 6. The molecule has 0 aliphatic carbocycles. The van der Waals surface area contributed by atoms with Gasteiger partial charge in [0.2, 0.25) is 17.7 Å². The standard InChI is InChI=1S/C33H45N3O5/c1-8-32-16-12-18-34(23-14-10-9-11-15-23)27(38)24(32)25-28(39)36(22(2)20-37)26-29(40)35(19-13-17-33(25,26)41-32)31(6,7)21-30(3,4)5/h9-17,22,24-26,37H,8,18-21H2,1-7H3/t22-,24+,25+,26?,32-,33+/m1/s1. The molecule has 0 aromatic heterocycles. The molecule has 1 aromatic carbocycles. The topological polar surface area (TPSA) is 90.4 Å². The second kappa shape index (κ2) is 10.1. The Morgan fingerprint density at radius 3 is 2.22 bits per heavy atom. The lowest BCUT2D eigenvalue weighted by atomic mass is 9.72. The highest BCUT2D eigenvalue weighted by Gasteiger charge is 2.76. The van der Waals surface area contributed by atoms with Crippen LogP contribution in [0.15, 0.2) is 54.6 Å². The van der Waals surface area contributed by atoms with E-state index in [4.69, 9.17) is 4.74 Å². The van der Waals surface area contributed by atoms with Gasteiger partial charge in [-0.2, -0.15) is 0 Å². The van der Waals surface area contributed by atoms with Gasteiger partial charge in [-0.05, 0) is 51.2 Å². The van der Waals surface area contributed by atoms with Gasteiger partial charge in [-0.25, -0.2) is 0 Å². The number of para-hydroxylation sites is 1. The first kappa shape index (κ1) is 29.5. The minimum atomic E-state index is -1.34. The van der Waals surface area contributed by atoms with Crippen molar-refractivity contribution in [1.29, 1.82) is 0 Å². The molecule has 4 aliphatic heterocycles. The highest BCUT2D eigenvalue weighted by Crippen LogP contribution is 2.59. The average molecular weight is 564 g/mol. The maximum atomic E-state index is 14.7. The summed E-state index contributed by atoms with van der Waals surface area (Å²) in [6.45, 7) is 14.7. The van der Waals surface area contributed by atoms with Crippen LogP contribution in [0.4, 0.5) is 5.69 Å². The van der Waals surface area contributed by atoms with Crippen LogP contribution in [0.25, 0.3) is 0 Å². The van der Waals surface area contributed by atoms with Crippen molar-refractivity contribution >= 4 is 23.4 Å². The highest BCUT2D eigenvalue weighted by atomic mass is 16.5. The van der Waals surface area contributed by atoms with Gasteiger partial charge < -0.3 is 24.5 Å². The van der Waals surface area contributed by atoms with E-state index in [9.17, 15) is 19.5 Å². The molecule has 3 amide bonds. The molecule has 0 bridgehead atoms. The lowest BCUT2D eigenvalue weighted by molar-refractivity contribution is -0.158. The minimum absolute atomic E-state index is 0.0367.